The molecule has 1 aromatic carbocycles. The van der Waals surface area contributed by atoms with Gasteiger partial charge in [-0.3, -0.25) is 4.79 Å². The molecule has 3 nitrogen and oxygen atoms in total. The van der Waals surface area contributed by atoms with Crippen molar-refractivity contribution in [3.8, 4) is 0 Å². The van der Waals surface area contributed by atoms with Crippen LogP contribution in [0.4, 0.5) is 0 Å². The smallest absolute Gasteiger partial charge is 0.258 e. The molecule has 0 aliphatic carbocycles. The third-order valence-corrected chi connectivity index (χ3v) is 3.50. The van der Waals surface area contributed by atoms with Crippen LogP contribution in [0.5, 0.6) is 0 Å². The second kappa shape index (κ2) is 5.36. The topological polar surface area (TPSA) is 23.6 Å². The molecular weight excluding hydrogens is 224 g/mol. The predicted molar refractivity (Wildman–Crippen MR) is 73.5 cm³/mol. The van der Waals surface area contributed by atoms with E-state index < -0.39 is 0 Å². The SMILES string of the molecule is Cc1ccccc1C(=O)N(C)C1=CCN(C)CC1. The van der Waals surface area contributed by atoms with Crippen molar-refractivity contribution in [3.63, 3.8) is 0 Å². The minimum Gasteiger partial charge on any atom is -0.315 e. The lowest BCUT2D eigenvalue weighted by Gasteiger charge is -2.28. The number of carbonyl (C=O) groups excluding carboxylic acids is 1. The first-order valence-corrected chi connectivity index (χ1v) is 6.31. The maximum atomic E-state index is 12.4. The molecule has 0 radical (unpaired) electrons. The van der Waals surface area contributed by atoms with Crippen molar-refractivity contribution in [1.82, 2.24) is 9.80 Å². The number of carbonyl (C=O) groups is 1. The quantitative estimate of drug-likeness (QED) is 0.797. The Balaban J connectivity index is 2.17. The summed E-state index contributed by atoms with van der Waals surface area (Å²) in [6.07, 6.45) is 3.07. The van der Waals surface area contributed by atoms with Gasteiger partial charge in [0, 0.05) is 37.8 Å². The first kappa shape index (κ1) is 12.8. The van der Waals surface area contributed by atoms with Crippen LogP contribution in [0.1, 0.15) is 22.3 Å². The summed E-state index contributed by atoms with van der Waals surface area (Å²) >= 11 is 0. The fraction of sp³-hybridized carbons (Fsp3) is 0.400. The van der Waals surface area contributed by atoms with Crippen LogP contribution < -0.4 is 0 Å². The normalized spacial score (nSPS) is 16.3. The molecule has 0 aromatic heterocycles. The van der Waals surface area contributed by atoms with Gasteiger partial charge in [0.25, 0.3) is 5.91 Å². The highest BCUT2D eigenvalue weighted by molar-refractivity contribution is 5.96. The van der Waals surface area contributed by atoms with Gasteiger partial charge in [-0.15, -0.1) is 0 Å². The van der Waals surface area contributed by atoms with Crippen molar-refractivity contribution in [3.05, 3.63) is 47.2 Å². The van der Waals surface area contributed by atoms with Crippen molar-refractivity contribution in [1.29, 1.82) is 0 Å². The van der Waals surface area contributed by atoms with Crippen LogP contribution in [-0.2, 0) is 0 Å². The van der Waals surface area contributed by atoms with Gasteiger partial charge in [-0.05, 0) is 25.6 Å². The van der Waals surface area contributed by atoms with Gasteiger partial charge in [-0.1, -0.05) is 24.3 Å². The largest absolute Gasteiger partial charge is 0.315 e. The van der Waals surface area contributed by atoms with Gasteiger partial charge >= 0.3 is 0 Å². The van der Waals surface area contributed by atoms with Gasteiger partial charge in [-0.25, -0.2) is 0 Å². The zero-order chi connectivity index (χ0) is 13.1. The maximum absolute atomic E-state index is 12.4. The van der Waals surface area contributed by atoms with Gasteiger partial charge in [0.2, 0.25) is 0 Å². The molecule has 1 heterocycles. The predicted octanol–water partition coefficient (Wildman–Crippen LogP) is 2.29. The molecule has 0 unspecified atom stereocenters. The van der Waals surface area contributed by atoms with Crippen LogP contribution in [0.3, 0.4) is 0 Å². The number of likely N-dealkylation sites (N-methyl/N-ethyl adjacent to an activating group) is 1. The minimum atomic E-state index is 0.0869. The molecular formula is C15H20N2O. The molecule has 1 amide bonds. The van der Waals surface area contributed by atoms with E-state index in [1.165, 1.54) is 0 Å². The number of nitrogens with zero attached hydrogens (tertiary/aromatic N) is 2. The highest BCUT2D eigenvalue weighted by Gasteiger charge is 2.19. The number of benzene rings is 1. The van der Waals surface area contributed by atoms with Crippen molar-refractivity contribution >= 4 is 5.91 Å². The van der Waals surface area contributed by atoms with E-state index in [2.05, 4.69) is 18.0 Å². The Kier molecular flexibility index (Phi) is 3.82. The lowest BCUT2D eigenvalue weighted by Crippen LogP contribution is -2.33. The molecule has 0 saturated heterocycles. The van der Waals surface area contributed by atoms with E-state index >= 15 is 0 Å². The van der Waals surface area contributed by atoms with Crippen molar-refractivity contribution < 1.29 is 4.79 Å². The molecule has 0 saturated carbocycles. The molecule has 18 heavy (non-hydrogen) atoms. The third-order valence-electron chi connectivity index (χ3n) is 3.50. The van der Waals surface area contributed by atoms with E-state index in [-0.39, 0.29) is 5.91 Å². The summed E-state index contributed by atoms with van der Waals surface area (Å²) in [7, 11) is 3.96. The second-order valence-electron chi connectivity index (χ2n) is 4.89. The zero-order valence-electron chi connectivity index (χ0n) is 11.3. The second-order valence-corrected chi connectivity index (χ2v) is 4.89. The molecule has 1 aliphatic heterocycles. The number of rotatable bonds is 2. The maximum Gasteiger partial charge on any atom is 0.258 e. The highest BCUT2D eigenvalue weighted by atomic mass is 16.2. The Morgan fingerprint density at radius 3 is 2.67 bits per heavy atom. The van der Waals surface area contributed by atoms with Crippen LogP contribution in [0.15, 0.2) is 36.0 Å². The Labute approximate surface area is 109 Å². The fourth-order valence-electron chi connectivity index (χ4n) is 2.19. The Bertz CT molecular complexity index is 479. The van der Waals surface area contributed by atoms with E-state index in [4.69, 9.17) is 0 Å². The summed E-state index contributed by atoms with van der Waals surface area (Å²) in [5, 5.41) is 0. The fourth-order valence-corrected chi connectivity index (χ4v) is 2.19. The molecule has 2 rings (SSSR count). The van der Waals surface area contributed by atoms with Gasteiger partial charge in [0.1, 0.15) is 0 Å². The lowest BCUT2D eigenvalue weighted by molar-refractivity contribution is 0.0826. The summed E-state index contributed by atoms with van der Waals surface area (Å²) in [5.74, 6) is 0.0869. The third kappa shape index (κ3) is 2.62. The number of amides is 1. The standard InChI is InChI=1S/C15H20N2O/c1-12-6-4-5-7-14(12)15(18)17(3)13-8-10-16(2)11-9-13/h4-8H,9-11H2,1-3H3. The first-order valence-electron chi connectivity index (χ1n) is 6.31. The Hall–Kier alpha value is -1.61. The average Bonchev–Trinajstić information content (AvgIpc) is 2.38. The van der Waals surface area contributed by atoms with Crippen LogP contribution in [0.25, 0.3) is 0 Å². The van der Waals surface area contributed by atoms with Gasteiger partial charge in [0.05, 0.1) is 0 Å². The molecule has 1 aromatic rings. The molecule has 0 fully saturated rings. The van der Waals surface area contributed by atoms with E-state index in [9.17, 15) is 4.79 Å². The average molecular weight is 244 g/mol. The summed E-state index contributed by atoms with van der Waals surface area (Å²) in [5.41, 5.74) is 2.95. The molecule has 0 bridgehead atoms. The summed E-state index contributed by atoms with van der Waals surface area (Å²) < 4.78 is 0. The van der Waals surface area contributed by atoms with Crippen LogP contribution in [0, 0.1) is 6.92 Å². The summed E-state index contributed by atoms with van der Waals surface area (Å²) in [6.45, 7) is 3.90. The number of aryl methyl sites for hydroxylation is 1. The molecule has 1 aliphatic rings. The highest BCUT2D eigenvalue weighted by Crippen LogP contribution is 2.17. The summed E-state index contributed by atoms with van der Waals surface area (Å²) in [4.78, 5) is 16.5. The number of hydrogen-bond acceptors (Lipinski definition) is 2. The molecule has 3 heteroatoms. The van der Waals surface area contributed by atoms with Crippen LogP contribution in [-0.4, -0.2) is 42.9 Å². The Morgan fingerprint density at radius 1 is 1.33 bits per heavy atom. The van der Waals surface area contributed by atoms with Crippen molar-refractivity contribution in [2.75, 3.05) is 27.2 Å². The molecule has 0 spiro atoms. The summed E-state index contributed by atoms with van der Waals surface area (Å²) in [6, 6.07) is 7.74. The van der Waals surface area contributed by atoms with Gasteiger partial charge in [0.15, 0.2) is 0 Å². The van der Waals surface area contributed by atoms with Gasteiger partial charge < -0.3 is 9.80 Å². The van der Waals surface area contributed by atoms with Crippen LogP contribution in [0.2, 0.25) is 0 Å². The van der Waals surface area contributed by atoms with E-state index in [0.717, 1.165) is 36.3 Å². The van der Waals surface area contributed by atoms with Gasteiger partial charge in [-0.2, -0.15) is 0 Å². The Morgan fingerprint density at radius 2 is 2.06 bits per heavy atom. The van der Waals surface area contributed by atoms with Crippen molar-refractivity contribution in [2.45, 2.75) is 13.3 Å². The zero-order valence-corrected chi connectivity index (χ0v) is 11.3. The monoisotopic (exact) mass is 244 g/mol. The lowest BCUT2D eigenvalue weighted by atomic mass is 10.1. The molecule has 0 atom stereocenters. The van der Waals surface area contributed by atoms with Crippen molar-refractivity contribution in [2.24, 2.45) is 0 Å². The first-order chi connectivity index (χ1) is 8.59. The number of hydrogen-bond donors (Lipinski definition) is 0. The van der Waals surface area contributed by atoms with E-state index in [1.807, 2.05) is 38.2 Å². The molecule has 0 N–H and O–H groups in total. The minimum absolute atomic E-state index is 0.0869. The van der Waals surface area contributed by atoms with Crippen LogP contribution >= 0.6 is 0 Å². The molecule has 96 valence electrons. The van der Waals surface area contributed by atoms with E-state index in [0.29, 0.717) is 0 Å². The van der Waals surface area contributed by atoms with E-state index in [1.54, 1.807) is 4.90 Å².